The maximum Gasteiger partial charge on any atom is 0.292 e. The molecule has 134 valence electrons. The normalized spacial score (nSPS) is 11.2. The Labute approximate surface area is 153 Å². The molecule has 2 N–H and O–H groups in total. The standard InChI is InChI=1S/C17H18N6O2S/c1-3-23(4-2)17-18-9-11(26-17)10-19-21-16(25)14-12-7-5-6-8-13(12)15(24)22-20-14/h5-10H,3-4H2,1-2H3,(H,21,25)(H,22,24)/b19-10-. The molecule has 8 nitrogen and oxygen atoms in total. The largest absolute Gasteiger partial charge is 0.349 e. The highest BCUT2D eigenvalue weighted by molar-refractivity contribution is 7.17. The topological polar surface area (TPSA) is 103 Å². The Morgan fingerprint density at radius 2 is 2.04 bits per heavy atom. The summed E-state index contributed by atoms with van der Waals surface area (Å²) in [5, 5.41) is 11.9. The molecule has 0 aliphatic rings. The van der Waals surface area contributed by atoms with E-state index in [-0.39, 0.29) is 11.3 Å². The molecule has 9 heteroatoms. The summed E-state index contributed by atoms with van der Waals surface area (Å²) in [7, 11) is 0. The molecule has 2 aromatic heterocycles. The number of benzene rings is 1. The Kier molecular flexibility index (Phi) is 5.37. The number of hydrogen-bond donors (Lipinski definition) is 2. The number of carbonyl (C=O) groups is 1. The van der Waals surface area contributed by atoms with Crippen LogP contribution in [-0.4, -0.2) is 40.4 Å². The van der Waals surface area contributed by atoms with Crippen molar-refractivity contribution in [2.45, 2.75) is 13.8 Å². The second-order valence-electron chi connectivity index (χ2n) is 5.36. The summed E-state index contributed by atoms with van der Waals surface area (Å²) in [6.07, 6.45) is 3.25. The van der Waals surface area contributed by atoms with Gasteiger partial charge in [-0.1, -0.05) is 29.5 Å². The summed E-state index contributed by atoms with van der Waals surface area (Å²) >= 11 is 1.49. The monoisotopic (exact) mass is 370 g/mol. The lowest BCUT2D eigenvalue weighted by Crippen LogP contribution is -2.22. The van der Waals surface area contributed by atoms with Crippen LogP contribution in [0.15, 0.2) is 40.4 Å². The van der Waals surface area contributed by atoms with E-state index in [0.29, 0.717) is 10.8 Å². The van der Waals surface area contributed by atoms with Crippen molar-refractivity contribution in [3.8, 4) is 0 Å². The molecule has 2 heterocycles. The van der Waals surface area contributed by atoms with Crippen LogP contribution >= 0.6 is 11.3 Å². The highest BCUT2D eigenvalue weighted by Gasteiger charge is 2.13. The molecule has 0 saturated heterocycles. The minimum Gasteiger partial charge on any atom is -0.349 e. The number of amides is 1. The third-order valence-electron chi connectivity index (χ3n) is 3.81. The van der Waals surface area contributed by atoms with E-state index in [1.807, 2.05) is 0 Å². The van der Waals surface area contributed by atoms with Gasteiger partial charge in [0.25, 0.3) is 11.5 Å². The number of carbonyl (C=O) groups excluding carboxylic acids is 1. The Morgan fingerprint density at radius 1 is 1.31 bits per heavy atom. The van der Waals surface area contributed by atoms with E-state index in [2.05, 4.69) is 44.5 Å². The van der Waals surface area contributed by atoms with E-state index < -0.39 is 5.91 Å². The number of fused-ring (bicyclic) bond motifs is 1. The lowest BCUT2D eigenvalue weighted by atomic mass is 10.1. The summed E-state index contributed by atoms with van der Waals surface area (Å²) in [4.78, 5) is 31.4. The van der Waals surface area contributed by atoms with E-state index in [4.69, 9.17) is 0 Å². The molecule has 0 radical (unpaired) electrons. The molecular formula is C17H18N6O2S. The van der Waals surface area contributed by atoms with Crippen molar-refractivity contribution in [3.63, 3.8) is 0 Å². The predicted octanol–water partition coefficient (Wildman–Crippen LogP) is 1.99. The minimum atomic E-state index is -0.498. The average molecular weight is 370 g/mol. The van der Waals surface area contributed by atoms with E-state index in [1.165, 1.54) is 17.6 Å². The van der Waals surface area contributed by atoms with Gasteiger partial charge in [0.2, 0.25) is 0 Å². The van der Waals surface area contributed by atoms with Gasteiger partial charge in [-0.25, -0.2) is 15.5 Å². The third-order valence-corrected chi connectivity index (χ3v) is 4.81. The number of H-pyrrole nitrogens is 1. The second-order valence-corrected chi connectivity index (χ2v) is 6.40. The highest BCUT2D eigenvalue weighted by Crippen LogP contribution is 2.20. The molecule has 0 unspecified atom stereocenters. The second kappa shape index (κ2) is 7.87. The van der Waals surface area contributed by atoms with Crippen molar-refractivity contribution in [2.75, 3.05) is 18.0 Å². The van der Waals surface area contributed by atoms with Crippen molar-refractivity contribution >= 4 is 39.4 Å². The van der Waals surface area contributed by atoms with Gasteiger partial charge in [-0.15, -0.1) is 0 Å². The molecule has 0 atom stereocenters. The summed E-state index contributed by atoms with van der Waals surface area (Å²) in [5.41, 5.74) is 2.21. The zero-order valence-electron chi connectivity index (χ0n) is 14.4. The van der Waals surface area contributed by atoms with Gasteiger partial charge in [-0.3, -0.25) is 9.59 Å². The van der Waals surface area contributed by atoms with E-state index >= 15 is 0 Å². The quantitative estimate of drug-likeness (QED) is 0.510. The summed E-state index contributed by atoms with van der Waals surface area (Å²) in [6.45, 7) is 5.89. The first-order chi connectivity index (χ1) is 12.6. The predicted molar refractivity (Wildman–Crippen MR) is 103 cm³/mol. The zero-order chi connectivity index (χ0) is 18.5. The molecule has 0 bridgehead atoms. The molecule has 0 aliphatic heterocycles. The molecule has 26 heavy (non-hydrogen) atoms. The van der Waals surface area contributed by atoms with Crippen molar-refractivity contribution in [2.24, 2.45) is 5.10 Å². The fourth-order valence-corrected chi connectivity index (χ4v) is 3.39. The number of aromatic amines is 1. The van der Waals surface area contributed by atoms with Gasteiger partial charge in [0.15, 0.2) is 10.8 Å². The van der Waals surface area contributed by atoms with Gasteiger partial charge in [0.1, 0.15) is 0 Å². The van der Waals surface area contributed by atoms with Crippen LogP contribution < -0.4 is 15.9 Å². The van der Waals surface area contributed by atoms with Gasteiger partial charge in [-0.05, 0) is 19.9 Å². The number of nitrogens with zero attached hydrogens (tertiary/aromatic N) is 4. The molecule has 1 amide bonds. The van der Waals surface area contributed by atoms with Crippen LogP contribution in [0.25, 0.3) is 10.8 Å². The Hall–Kier alpha value is -3.07. The number of aromatic nitrogens is 3. The summed E-state index contributed by atoms with van der Waals surface area (Å²) < 4.78 is 0. The lowest BCUT2D eigenvalue weighted by Gasteiger charge is -2.16. The number of nitrogens with one attached hydrogen (secondary N) is 2. The van der Waals surface area contributed by atoms with Crippen molar-refractivity contribution in [1.82, 2.24) is 20.6 Å². The van der Waals surface area contributed by atoms with Gasteiger partial charge >= 0.3 is 0 Å². The third kappa shape index (κ3) is 3.62. The minimum absolute atomic E-state index is 0.116. The van der Waals surface area contributed by atoms with Gasteiger partial charge in [0.05, 0.1) is 16.5 Å². The first-order valence-electron chi connectivity index (χ1n) is 8.15. The van der Waals surface area contributed by atoms with Crippen molar-refractivity contribution < 1.29 is 4.79 Å². The number of hydrogen-bond acceptors (Lipinski definition) is 7. The number of rotatable bonds is 6. The van der Waals surface area contributed by atoms with Gasteiger partial charge < -0.3 is 4.90 Å². The lowest BCUT2D eigenvalue weighted by molar-refractivity contribution is 0.0951. The van der Waals surface area contributed by atoms with E-state index in [9.17, 15) is 9.59 Å². The molecule has 3 rings (SSSR count). The highest BCUT2D eigenvalue weighted by atomic mass is 32.1. The Bertz CT molecular complexity index is 1010. The van der Waals surface area contributed by atoms with Crippen LogP contribution in [0.1, 0.15) is 29.2 Å². The molecule has 0 aliphatic carbocycles. The number of hydrazone groups is 1. The molecular weight excluding hydrogens is 352 g/mol. The van der Waals surface area contributed by atoms with Gasteiger partial charge in [-0.2, -0.15) is 10.2 Å². The molecule has 3 aromatic rings. The van der Waals surface area contributed by atoms with Crippen LogP contribution in [0, 0.1) is 0 Å². The van der Waals surface area contributed by atoms with Crippen molar-refractivity contribution in [1.29, 1.82) is 0 Å². The van der Waals surface area contributed by atoms with Crippen LogP contribution in [0.2, 0.25) is 0 Å². The Balaban J connectivity index is 1.75. The first kappa shape index (κ1) is 17.7. The smallest absolute Gasteiger partial charge is 0.292 e. The molecule has 0 spiro atoms. The van der Waals surface area contributed by atoms with E-state index in [0.717, 1.165) is 23.1 Å². The fourth-order valence-electron chi connectivity index (χ4n) is 2.47. The maximum absolute atomic E-state index is 12.3. The van der Waals surface area contributed by atoms with Gasteiger partial charge in [0, 0.05) is 24.7 Å². The number of anilines is 1. The molecule has 0 saturated carbocycles. The van der Waals surface area contributed by atoms with Crippen molar-refractivity contribution in [3.05, 3.63) is 51.4 Å². The Morgan fingerprint density at radius 3 is 2.77 bits per heavy atom. The average Bonchev–Trinajstić information content (AvgIpc) is 3.12. The summed E-state index contributed by atoms with van der Waals surface area (Å²) in [5.74, 6) is -0.498. The maximum atomic E-state index is 12.3. The molecule has 1 aromatic carbocycles. The van der Waals surface area contributed by atoms with Crippen LogP contribution in [-0.2, 0) is 0 Å². The zero-order valence-corrected chi connectivity index (χ0v) is 15.2. The number of thiazole rings is 1. The fraction of sp³-hybridized carbons (Fsp3) is 0.235. The van der Waals surface area contributed by atoms with E-state index in [1.54, 1.807) is 30.5 Å². The molecule has 0 fully saturated rings. The SMILES string of the molecule is CCN(CC)c1ncc(/C=N\NC(=O)c2n[nH]c(=O)c3ccccc23)s1. The first-order valence-corrected chi connectivity index (χ1v) is 8.97. The van der Waals surface area contributed by atoms with Crippen LogP contribution in [0.4, 0.5) is 5.13 Å². The summed E-state index contributed by atoms with van der Waals surface area (Å²) in [6, 6.07) is 6.79. The van der Waals surface area contributed by atoms with Crippen LogP contribution in [0.5, 0.6) is 0 Å². The van der Waals surface area contributed by atoms with Crippen LogP contribution in [0.3, 0.4) is 0 Å².